The van der Waals surface area contributed by atoms with Crippen LogP contribution in [0.5, 0.6) is 0 Å². The number of thiocarbonyl (C=S) groups is 1. The van der Waals surface area contributed by atoms with E-state index >= 15 is 0 Å². The number of fused-ring (bicyclic) bond motifs is 1. The molecular formula is C11H12N2O2S2. The SMILES string of the molecule is O=S1(=O)C[C@@H]2[C@@H](C1)NC(=S)N2c1ccccc1. The van der Waals surface area contributed by atoms with Crippen molar-refractivity contribution in [1.82, 2.24) is 5.32 Å². The fourth-order valence-electron chi connectivity index (χ4n) is 2.50. The first-order chi connectivity index (χ1) is 8.07. The van der Waals surface area contributed by atoms with E-state index in [0.717, 1.165) is 5.69 Å². The summed E-state index contributed by atoms with van der Waals surface area (Å²) in [6.07, 6.45) is 0. The van der Waals surface area contributed by atoms with Gasteiger partial charge in [0.2, 0.25) is 0 Å². The van der Waals surface area contributed by atoms with Gasteiger partial charge in [-0.05, 0) is 24.4 Å². The lowest BCUT2D eigenvalue weighted by Gasteiger charge is -2.23. The summed E-state index contributed by atoms with van der Waals surface area (Å²) in [4.78, 5) is 1.92. The highest BCUT2D eigenvalue weighted by Gasteiger charge is 2.47. The number of anilines is 1. The van der Waals surface area contributed by atoms with Crippen LogP contribution < -0.4 is 10.2 Å². The molecule has 0 unspecified atom stereocenters. The number of rotatable bonds is 1. The Hall–Kier alpha value is -1.14. The van der Waals surface area contributed by atoms with Crippen molar-refractivity contribution in [2.45, 2.75) is 12.1 Å². The summed E-state index contributed by atoms with van der Waals surface area (Å²) in [5.74, 6) is 0.362. The Morgan fingerprint density at radius 3 is 2.65 bits per heavy atom. The number of sulfone groups is 1. The third kappa shape index (κ3) is 1.81. The predicted molar refractivity (Wildman–Crippen MR) is 70.9 cm³/mol. The Bertz CT molecular complexity index is 556. The molecule has 2 fully saturated rings. The topological polar surface area (TPSA) is 49.4 Å². The lowest BCUT2D eigenvalue weighted by molar-refractivity contribution is 0.600. The van der Waals surface area contributed by atoms with Crippen LogP contribution in [0.1, 0.15) is 0 Å². The summed E-state index contributed by atoms with van der Waals surface area (Å²) >= 11 is 5.27. The van der Waals surface area contributed by atoms with Crippen molar-refractivity contribution in [1.29, 1.82) is 0 Å². The van der Waals surface area contributed by atoms with E-state index in [-0.39, 0.29) is 23.6 Å². The lowest BCUT2D eigenvalue weighted by atomic mass is 10.1. The van der Waals surface area contributed by atoms with Gasteiger partial charge in [0.15, 0.2) is 14.9 Å². The molecule has 2 heterocycles. The Morgan fingerprint density at radius 2 is 1.94 bits per heavy atom. The molecule has 0 bridgehead atoms. The number of hydrogen-bond donors (Lipinski definition) is 1. The van der Waals surface area contributed by atoms with E-state index in [9.17, 15) is 8.42 Å². The summed E-state index contributed by atoms with van der Waals surface area (Å²) in [5, 5.41) is 3.72. The van der Waals surface area contributed by atoms with Gasteiger partial charge < -0.3 is 10.2 Å². The van der Waals surface area contributed by atoms with Crippen molar-refractivity contribution in [3.8, 4) is 0 Å². The molecule has 0 aromatic heterocycles. The maximum absolute atomic E-state index is 11.6. The molecular weight excluding hydrogens is 256 g/mol. The fourth-order valence-corrected chi connectivity index (χ4v) is 4.78. The quantitative estimate of drug-likeness (QED) is 0.754. The summed E-state index contributed by atoms with van der Waals surface area (Å²) < 4.78 is 23.2. The van der Waals surface area contributed by atoms with Crippen LogP contribution in [-0.2, 0) is 9.84 Å². The van der Waals surface area contributed by atoms with Gasteiger partial charge in [-0.3, -0.25) is 0 Å². The molecule has 0 saturated carbocycles. The van der Waals surface area contributed by atoms with E-state index in [4.69, 9.17) is 12.2 Å². The molecule has 2 saturated heterocycles. The molecule has 1 aromatic rings. The van der Waals surface area contributed by atoms with Gasteiger partial charge in [0.25, 0.3) is 0 Å². The molecule has 90 valence electrons. The highest BCUT2D eigenvalue weighted by molar-refractivity contribution is 7.91. The van der Waals surface area contributed by atoms with E-state index in [1.165, 1.54) is 0 Å². The standard InChI is InChI=1S/C11H12N2O2S2/c14-17(15)6-9-10(7-17)13(11(16)12-9)8-4-2-1-3-5-8/h1-5,9-10H,6-7H2,(H,12,16)/t9-,10-/m1/s1. The van der Waals surface area contributed by atoms with Crippen LogP contribution >= 0.6 is 12.2 Å². The second kappa shape index (κ2) is 3.68. The van der Waals surface area contributed by atoms with Crippen LogP contribution in [-0.4, -0.2) is 37.1 Å². The molecule has 0 amide bonds. The first kappa shape index (κ1) is 11.0. The van der Waals surface area contributed by atoms with Crippen molar-refractivity contribution in [2.75, 3.05) is 16.4 Å². The zero-order valence-corrected chi connectivity index (χ0v) is 10.7. The van der Waals surface area contributed by atoms with E-state index in [1.807, 2.05) is 35.2 Å². The summed E-state index contributed by atoms with van der Waals surface area (Å²) in [7, 11) is -2.93. The minimum atomic E-state index is -2.93. The average molecular weight is 268 g/mol. The first-order valence-corrected chi connectivity index (χ1v) is 7.65. The van der Waals surface area contributed by atoms with Gasteiger partial charge in [-0.2, -0.15) is 0 Å². The van der Waals surface area contributed by atoms with Gasteiger partial charge in [0, 0.05) is 5.69 Å². The summed E-state index contributed by atoms with van der Waals surface area (Å²) in [5.41, 5.74) is 0.953. The minimum Gasteiger partial charge on any atom is -0.356 e. The second-order valence-corrected chi connectivity index (χ2v) is 6.95. The number of hydrogen-bond acceptors (Lipinski definition) is 3. The Labute approximate surface area is 106 Å². The van der Waals surface area contributed by atoms with Crippen LogP contribution in [0.3, 0.4) is 0 Å². The highest BCUT2D eigenvalue weighted by atomic mass is 32.2. The van der Waals surface area contributed by atoms with Crippen molar-refractivity contribution in [3.63, 3.8) is 0 Å². The van der Waals surface area contributed by atoms with Crippen molar-refractivity contribution in [3.05, 3.63) is 30.3 Å². The molecule has 17 heavy (non-hydrogen) atoms. The molecule has 1 N–H and O–H groups in total. The minimum absolute atomic E-state index is 0.0603. The van der Waals surface area contributed by atoms with Crippen LogP contribution in [0.4, 0.5) is 5.69 Å². The Balaban J connectivity index is 1.98. The lowest BCUT2D eigenvalue weighted by Crippen LogP contribution is -2.36. The monoisotopic (exact) mass is 268 g/mol. The largest absolute Gasteiger partial charge is 0.356 e. The molecule has 6 heteroatoms. The molecule has 1 aromatic carbocycles. The first-order valence-electron chi connectivity index (χ1n) is 5.42. The van der Waals surface area contributed by atoms with Crippen molar-refractivity contribution in [2.24, 2.45) is 0 Å². The number of nitrogens with one attached hydrogen (secondary N) is 1. The zero-order valence-electron chi connectivity index (χ0n) is 9.04. The third-order valence-electron chi connectivity index (χ3n) is 3.22. The smallest absolute Gasteiger partial charge is 0.174 e. The van der Waals surface area contributed by atoms with Crippen LogP contribution in [0.15, 0.2) is 30.3 Å². The van der Waals surface area contributed by atoms with Gasteiger partial charge in [-0.25, -0.2) is 8.42 Å². The van der Waals surface area contributed by atoms with Gasteiger partial charge in [-0.1, -0.05) is 18.2 Å². The number of nitrogens with zero attached hydrogens (tertiary/aromatic N) is 1. The maximum atomic E-state index is 11.6. The van der Waals surface area contributed by atoms with E-state index < -0.39 is 9.84 Å². The van der Waals surface area contributed by atoms with Crippen LogP contribution in [0, 0.1) is 0 Å². The van der Waals surface area contributed by atoms with E-state index in [2.05, 4.69) is 5.32 Å². The van der Waals surface area contributed by atoms with Gasteiger partial charge >= 0.3 is 0 Å². The molecule has 2 atom stereocenters. The number of benzene rings is 1. The van der Waals surface area contributed by atoms with E-state index in [1.54, 1.807) is 0 Å². The highest BCUT2D eigenvalue weighted by Crippen LogP contribution is 2.29. The Morgan fingerprint density at radius 1 is 1.24 bits per heavy atom. The molecule has 0 radical (unpaired) electrons. The third-order valence-corrected chi connectivity index (χ3v) is 5.25. The molecule has 4 nitrogen and oxygen atoms in total. The summed E-state index contributed by atoms with van der Waals surface area (Å²) in [6, 6.07) is 9.55. The number of para-hydroxylation sites is 1. The molecule has 2 aliphatic heterocycles. The Kier molecular flexibility index (Phi) is 2.38. The van der Waals surface area contributed by atoms with Crippen molar-refractivity contribution < 1.29 is 8.42 Å². The average Bonchev–Trinajstić information content (AvgIpc) is 2.69. The van der Waals surface area contributed by atoms with Crippen LogP contribution in [0.25, 0.3) is 0 Å². The summed E-state index contributed by atoms with van der Waals surface area (Å²) in [6.45, 7) is 0. The predicted octanol–water partition coefficient (Wildman–Crippen LogP) is 0.547. The second-order valence-electron chi connectivity index (χ2n) is 4.41. The fraction of sp³-hybridized carbons (Fsp3) is 0.364. The van der Waals surface area contributed by atoms with Crippen LogP contribution in [0.2, 0.25) is 0 Å². The van der Waals surface area contributed by atoms with Crippen molar-refractivity contribution >= 4 is 32.9 Å². The molecule has 0 spiro atoms. The van der Waals surface area contributed by atoms with Gasteiger partial charge in [0.1, 0.15) is 0 Å². The normalized spacial score (nSPS) is 30.1. The molecule has 0 aliphatic carbocycles. The maximum Gasteiger partial charge on any atom is 0.174 e. The zero-order chi connectivity index (χ0) is 12.0. The van der Waals surface area contributed by atoms with Gasteiger partial charge in [0.05, 0.1) is 23.6 Å². The molecule has 2 aliphatic rings. The van der Waals surface area contributed by atoms with E-state index in [0.29, 0.717) is 5.11 Å². The molecule has 3 rings (SSSR count). The van der Waals surface area contributed by atoms with Gasteiger partial charge in [-0.15, -0.1) is 0 Å².